The molecule has 0 aliphatic carbocycles. The van der Waals surface area contributed by atoms with E-state index in [4.69, 9.17) is 0 Å². The minimum absolute atomic E-state index is 0.368. The van der Waals surface area contributed by atoms with E-state index in [1.54, 1.807) is 30.3 Å². The van der Waals surface area contributed by atoms with Crippen molar-refractivity contribution in [2.75, 3.05) is 0 Å². The highest BCUT2D eigenvalue weighted by molar-refractivity contribution is 7.72. The number of unbranched alkanes of at least 4 members (excludes halogenated alkanes) is 1. The van der Waals surface area contributed by atoms with Crippen molar-refractivity contribution in [3.8, 4) is 0 Å². The SMILES string of the molecule is CC(C)=CCCC(C)=CCCC(C)=CCCC=C(C)CCC=C(C)CCC=C(C)C.O=[SH](=O)c1ccccc1. The topological polar surface area (TPSA) is 34.1 Å². The molecule has 0 aliphatic heterocycles. The van der Waals surface area contributed by atoms with Crippen LogP contribution in [-0.4, -0.2) is 8.42 Å². The van der Waals surface area contributed by atoms with Crippen LogP contribution in [-0.2, 0) is 10.7 Å². The summed E-state index contributed by atoms with van der Waals surface area (Å²) in [7, 11) is -2.40. The van der Waals surface area contributed by atoms with Crippen LogP contribution in [0.15, 0.2) is 105 Å². The molecule has 1 aromatic carbocycles. The number of allylic oxidation sites excluding steroid dienone is 12. The third-order valence-corrected chi connectivity index (χ3v) is 7.08. The van der Waals surface area contributed by atoms with E-state index in [-0.39, 0.29) is 0 Å². The van der Waals surface area contributed by atoms with Crippen molar-refractivity contribution in [3.63, 3.8) is 0 Å². The van der Waals surface area contributed by atoms with Gasteiger partial charge in [-0.15, -0.1) is 0 Å². The zero-order valence-corrected chi connectivity index (χ0v) is 27.1. The third-order valence-electron chi connectivity index (χ3n) is 6.36. The van der Waals surface area contributed by atoms with E-state index in [2.05, 4.69) is 91.8 Å². The van der Waals surface area contributed by atoms with E-state index >= 15 is 0 Å². The van der Waals surface area contributed by atoms with Gasteiger partial charge in [0.1, 0.15) is 0 Å². The van der Waals surface area contributed by atoms with Crippen molar-refractivity contribution in [1.82, 2.24) is 0 Å². The van der Waals surface area contributed by atoms with Gasteiger partial charge in [-0.05, 0) is 132 Å². The molecule has 0 saturated heterocycles. The van der Waals surface area contributed by atoms with Gasteiger partial charge >= 0.3 is 0 Å². The molecule has 0 heterocycles. The summed E-state index contributed by atoms with van der Waals surface area (Å²) in [6.07, 6.45) is 26.2. The normalized spacial score (nSPS) is 12.6. The molecule has 39 heavy (non-hydrogen) atoms. The molecule has 0 amide bonds. The maximum absolute atomic E-state index is 10.2. The first-order chi connectivity index (χ1) is 18.5. The summed E-state index contributed by atoms with van der Waals surface area (Å²) in [5.74, 6) is 0. The molecule has 0 fully saturated rings. The lowest BCUT2D eigenvalue weighted by Crippen LogP contribution is -1.82. The molecule has 218 valence electrons. The van der Waals surface area contributed by atoms with Crippen LogP contribution < -0.4 is 0 Å². The Bertz CT molecular complexity index is 987. The molecule has 0 N–H and O–H groups in total. The van der Waals surface area contributed by atoms with E-state index in [1.165, 1.54) is 97.6 Å². The summed E-state index contributed by atoms with van der Waals surface area (Å²) >= 11 is 0. The number of hydrogen-bond donors (Lipinski definition) is 1. The highest BCUT2D eigenvalue weighted by Gasteiger charge is 1.94. The zero-order chi connectivity index (χ0) is 29.5. The van der Waals surface area contributed by atoms with Crippen LogP contribution in [0.25, 0.3) is 0 Å². The Morgan fingerprint density at radius 2 is 0.795 bits per heavy atom. The average Bonchev–Trinajstić information content (AvgIpc) is 2.87. The molecule has 0 unspecified atom stereocenters. The molecule has 3 heteroatoms. The number of rotatable bonds is 16. The predicted octanol–water partition coefficient (Wildman–Crippen LogP) is 11.3. The van der Waals surface area contributed by atoms with Crippen LogP contribution in [0.3, 0.4) is 0 Å². The second-order valence-electron chi connectivity index (χ2n) is 11.1. The van der Waals surface area contributed by atoms with Gasteiger partial charge in [0.25, 0.3) is 0 Å². The van der Waals surface area contributed by atoms with Crippen molar-refractivity contribution in [1.29, 1.82) is 0 Å². The van der Waals surface area contributed by atoms with Gasteiger partial charge in [-0.25, -0.2) is 8.42 Å². The van der Waals surface area contributed by atoms with Crippen LogP contribution in [0, 0.1) is 0 Å². The van der Waals surface area contributed by atoms with E-state index < -0.39 is 10.7 Å². The lowest BCUT2D eigenvalue weighted by Gasteiger charge is -2.02. The summed E-state index contributed by atoms with van der Waals surface area (Å²) in [4.78, 5) is 0.368. The standard InChI is InChI=1S/C30H50.C6H6O2S/c1-25(2)15-11-19-29(7)23-13-21-27(5)17-9-10-18-28(6)22-14-24-30(8)20-12-16-26(3)4;7-9(8)6-4-2-1-3-5-6/h15-18,23-24H,9-14,19-22H2,1-8H3;1-5,9H. The molecule has 0 radical (unpaired) electrons. The lowest BCUT2D eigenvalue weighted by molar-refractivity contribution is 0.614. The molecule has 0 bridgehead atoms. The van der Waals surface area contributed by atoms with E-state index in [1.807, 2.05) is 0 Å². The first-order valence-corrected chi connectivity index (χ1v) is 15.8. The molecule has 0 aliphatic rings. The molecule has 2 nitrogen and oxygen atoms in total. The minimum atomic E-state index is -2.40. The van der Waals surface area contributed by atoms with Crippen molar-refractivity contribution in [2.45, 2.75) is 124 Å². The van der Waals surface area contributed by atoms with Crippen molar-refractivity contribution < 1.29 is 8.42 Å². The summed E-state index contributed by atoms with van der Waals surface area (Å²) < 4.78 is 20.5. The molecule has 0 atom stereocenters. The lowest BCUT2D eigenvalue weighted by atomic mass is 10.0. The Morgan fingerprint density at radius 1 is 0.487 bits per heavy atom. The smallest absolute Gasteiger partial charge is 0.168 e. The number of thiol groups is 1. The number of hydrogen-bond acceptors (Lipinski definition) is 2. The van der Waals surface area contributed by atoms with Gasteiger partial charge in [0, 0.05) is 0 Å². The molecule has 0 spiro atoms. The maximum atomic E-state index is 10.2. The number of benzene rings is 1. The summed E-state index contributed by atoms with van der Waals surface area (Å²) in [6, 6.07) is 8.29. The van der Waals surface area contributed by atoms with Gasteiger partial charge < -0.3 is 0 Å². The Hall–Kier alpha value is -2.39. The Morgan fingerprint density at radius 3 is 1.08 bits per heavy atom. The fourth-order valence-corrected chi connectivity index (χ4v) is 4.30. The van der Waals surface area contributed by atoms with Crippen LogP contribution in [0.2, 0.25) is 0 Å². The van der Waals surface area contributed by atoms with E-state index in [0.29, 0.717) is 4.90 Å². The summed E-state index contributed by atoms with van der Waals surface area (Å²) in [5, 5.41) is 0. The third kappa shape index (κ3) is 24.4. The molecular weight excluding hydrogens is 496 g/mol. The second kappa shape index (κ2) is 23.5. The van der Waals surface area contributed by atoms with Gasteiger partial charge in [0.2, 0.25) is 0 Å². The summed E-state index contributed by atoms with van der Waals surface area (Å²) in [5.41, 5.74) is 8.97. The molecular formula is C36H56O2S. The van der Waals surface area contributed by atoms with Crippen molar-refractivity contribution >= 4 is 10.7 Å². The second-order valence-corrected chi connectivity index (χ2v) is 12.1. The fourth-order valence-electron chi connectivity index (χ4n) is 3.89. The van der Waals surface area contributed by atoms with Crippen LogP contribution >= 0.6 is 0 Å². The monoisotopic (exact) mass is 552 g/mol. The van der Waals surface area contributed by atoms with E-state index in [0.717, 1.165) is 0 Å². The molecule has 1 aromatic rings. The van der Waals surface area contributed by atoms with Gasteiger partial charge in [-0.1, -0.05) is 88.1 Å². The van der Waals surface area contributed by atoms with Gasteiger partial charge in [0.05, 0.1) is 4.90 Å². The predicted molar refractivity (Wildman–Crippen MR) is 175 cm³/mol. The largest absolute Gasteiger partial charge is 0.227 e. The van der Waals surface area contributed by atoms with Crippen molar-refractivity contribution in [3.05, 3.63) is 100 Å². The van der Waals surface area contributed by atoms with Crippen LogP contribution in [0.1, 0.15) is 120 Å². The summed E-state index contributed by atoms with van der Waals surface area (Å²) in [6.45, 7) is 17.8. The Kier molecular flexibility index (Phi) is 22.1. The Labute approximate surface area is 243 Å². The highest BCUT2D eigenvalue weighted by atomic mass is 32.2. The van der Waals surface area contributed by atoms with Gasteiger partial charge in [0.15, 0.2) is 10.7 Å². The fraction of sp³-hybridized carbons (Fsp3) is 0.500. The molecule has 1 rings (SSSR count). The molecule has 0 saturated carbocycles. The van der Waals surface area contributed by atoms with Gasteiger partial charge in [-0.2, -0.15) is 0 Å². The first-order valence-electron chi connectivity index (χ1n) is 14.6. The first kappa shape index (κ1) is 36.6. The highest BCUT2D eigenvalue weighted by Crippen LogP contribution is 2.14. The zero-order valence-electron chi connectivity index (χ0n) is 26.2. The van der Waals surface area contributed by atoms with Crippen LogP contribution in [0.5, 0.6) is 0 Å². The van der Waals surface area contributed by atoms with Gasteiger partial charge in [-0.3, -0.25) is 0 Å². The Balaban J connectivity index is 0.00000134. The maximum Gasteiger partial charge on any atom is 0.168 e. The average molecular weight is 553 g/mol. The quantitative estimate of drug-likeness (QED) is 0.126. The van der Waals surface area contributed by atoms with Crippen molar-refractivity contribution in [2.24, 2.45) is 0 Å². The van der Waals surface area contributed by atoms with Crippen LogP contribution in [0.4, 0.5) is 0 Å². The minimum Gasteiger partial charge on any atom is -0.227 e. The molecule has 0 aromatic heterocycles. The van der Waals surface area contributed by atoms with E-state index in [9.17, 15) is 8.42 Å².